The lowest BCUT2D eigenvalue weighted by molar-refractivity contribution is -0.150. The molecule has 0 aliphatic rings. The van der Waals surface area contributed by atoms with Gasteiger partial charge in [0, 0.05) is 10.7 Å². The minimum Gasteiger partial charge on any atom is -0.315 e. The molecule has 0 spiro atoms. The summed E-state index contributed by atoms with van der Waals surface area (Å²) in [5.41, 5.74) is 4.74. The molecule has 7 heteroatoms. The molecule has 1 heterocycles. The van der Waals surface area contributed by atoms with E-state index in [4.69, 9.17) is 5.73 Å². The number of pyridine rings is 1. The van der Waals surface area contributed by atoms with E-state index in [9.17, 15) is 13.2 Å². The average molecular weight is 291 g/mol. The van der Waals surface area contributed by atoms with Crippen molar-refractivity contribution in [1.29, 1.82) is 0 Å². The highest BCUT2D eigenvalue weighted by molar-refractivity contribution is 9.10. The van der Waals surface area contributed by atoms with Gasteiger partial charge in [-0.2, -0.15) is 13.2 Å². The first kappa shape index (κ1) is 13.7. The maximum Gasteiger partial charge on any atom is 0.409 e. The molecule has 0 saturated heterocycles. The van der Waals surface area contributed by atoms with Crippen LogP contribution in [0.25, 0.3) is 0 Å². The number of rotatable bonds is 1. The first-order valence-electron chi connectivity index (χ1n) is 3.35. The van der Waals surface area contributed by atoms with Crippen molar-refractivity contribution in [3.63, 3.8) is 0 Å². The van der Waals surface area contributed by atoms with Crippen LogP contribution in [-0.4, -0.2) is 11.2 Å². The van der Waals surface area contributed by atoms with Gasteiger partial charge in [0.05, 0.1) is 5.69 Å². The van der Waals surface area contributed by atoms with Crippen LogP contribution in [0.1, 0.15) is 11.7 Å². The summed E-state index contributed by atoms with van der Waals surface area (Å²) in [6.07, 6.45) is -3.18. The SMILES string of the molecule is Cl.NC(c1cc(Br)ccn1)C(F)(F)F. The fourth-order valence-corrected chi connectivity index (χ4v) is 1.11. The Labute approximate surface area is 93.2 Å². The number of hydrogen-bond donors (Lipinski definition) is 1. The third kappa shape index (κ3) is 3.43. The summed E-state index contributed by atoms with van der Waals surface area (Å²) in [5.74, 6) is 0. The molecule has 0 aliphatic carbocycles. The van der Waals surface area contributed by atoms with Crippen molar-refractivity contribution in [1.82, 2.24) is 4.98 Å². The van der Waals surface area contributed by atoms with Gasteiger partial charge in [-0.25, -0.2) is 0 Å². The molecule has 2 N–H and O–H groups in total. The lowest BCUT2D eigenvalue weighted by Gasteiger charge is -2.14. The van der Waals surface area contributed by atoms with Gasteiger partial charge < -0.3 is 5.73 Å². The zero-order valence-electron chi connectivity index (χ0n) is 6.75. The molecular formula is C7H7BrClF3N2. The molecule has 0 bridgehead atoms. The first-order chi connectivity index (χ1) is 5.91. The van der Waals surface area contributed by atoms with Crippen molar-refractivity contribution >= 4 is 28.3 Å². The summed E-state index contributed by atoms with van der Waals surface area (Å²) in [5, 5.41) is 0. The van der Waals surface area contributed by atoms with E-state index in [1.165, 1.54) is 18.3 Å². The molecule has 0 radical (unpaired) electrons. The van der Waals surface area contributed by atoms with E-state index < -0.39 is 12.2 Å². The lowest BCUT2D eigenvalue weighted by Crippen LogP contribution is -2.29. The molecule has 1 unspecified atom stereocenters. The van der Waals surface area contributed by atoms with Crippen LogP contribution in [0, 0.1) is 0 Å². The highest BCUT2D eigenvalue weighted by Gasteiger charge is 2.38. The van der Waals surface area contributed by atoms with Crippen LogP contribution in [0.4, 0.5) is 13.2 Å². The third-order valence-electron chi connectivity index (χ3n) is 1.41. The van der Waals surface area contributed by atoms with Crippen molar-refractivity contribution in [2.24, 2.45) is 5.73 Å². The van der Waals surface area contributed by atoms with Crippen molar-refractivity contribution in [2.75, 3.05) is 0 Å². The molecule has 1 aromatic heterocycles. The van der Waals surface area contributed by atoms with Gasteiger partial charge in [0.15, 0.2) is 0 Å². The van der Waals surface area contributed by atoms with Crippen LogP contribution in [0.2, 0.25) is 0 Å². The Morgan fingerprint density at radius 1 is 1.43 bits per heavy atom. The molecule has 0 aliphatic heterocycles. The highest BCUT2D eigenvalue weighted by atomic mass is 79.9. The quantitative estimate of drug-likeness (QED) is 0.864. The molecule has 2 nitrogen and oxygen atoms in total. The predicted molar refractivity (Wildman–Crippen MR) is 52.2 cm³/mol. The van der Waals surface area contributed by atoms with E-state index in [0.29, 0.717) is 4.47 Å². The average Bonchev–Trinajstić information content (AvgIpc) is 2.01. The van der Waals surface area contributed by atoms with Gasteiger partial charge in [-0.3, -0.25) is 4.98 Å². The molecule has 1 rings (SSSR count). The highest BCUT2D eigenvalue weighted by Crippen LogP contribution is 2.29. The Hall–Kier alpha value is -0.330. The van der Waals surface area contributed by atoms with Crippen molar-refractivity contribution in [3.8, 4) is 0 Å². The zero-order chi connectivity index (χ0) is 10.1. The monoisotopic (exact) mass is 290 g/mol. The molecule has 14 heavy (non-hydrogen) atoms. The van der Waals surface area contributed by atoms with Gasteiger partial charge in [-0.15, -0.1) is 12.4 Å². The third-order valence-corrected chi connectivity index (χ3v) is 1.91. The number of aromatic nitrogens is 1. The standard InChI is InChI=1S/C7H6BrF3N2.ClH/c8-4-1-2-13-5(3-4)6(12)7(9,10)11;/h1-3,6H,12H2;1H. The second kappa shape index (κ2) is 4.95. The smallest absolute Gasteiger partial charge is 0.315 e. The maximum absolute atomic E-state index is 12.1. The Morgan fingerprint density at radius 3 is 2.43 bits per heavy atom. The lowest BCUT2D eigenvalue weighted by atomic mass is 10.2. The van der Waals surface area contributed by atoms with Gasteiger partial charge in [0.1, 0.15) is 6.04 Å². The number of nitrogens with two attached hydrogens (primary N) is 1. The Bertz CT molecular complexity index is 305. The van der Waals surface area contributed by atoms with E-state index in [2.05, 4.69) is 20.9 Å². The second-order valence-electron chi connectivity index (χ2n) is 2.42. The Balaban J connectivity index is 0.00000169. The van der Waals surface area contributed by atoms with E-state index in [-0.39, 0.29) is 18.1 Å². The summed E-state index contributed by atoms with van der Waals surface area (Å²) in [6, 6.07) is 0.759. The van der Waals surface area contributed by atoms with Gasteiger partial charge in [-0.05, 0) is 12.1 Å². The summed E-state index contributed by atoms with van der Waals surface area (Å²) >= 11 is 3.03. The maximum atomic E-state index is 12.1. The van der Waals surface area contributed by atoms with Crippen LogP contribution in [0.5, 0.6) is 0 Å². The Kier molecular flexibility index (Phi) is 4.83. The molecule has 0 saturated carbocycles. The van der Waals surface area contributed by atoms with Crippen LogP contribution in [-0.2, 0) is 0 Å². The minimum atomic E-state index is -4.45. The van der Waals surface area contributed by atoms with Gasteiger partial charge in [0.25, 0.3) is 0 Å². The van der Waals surface area contributed by atoms with Crippen molar-refractivity contribution in [3.05, 3.63) is 28.5 Å². The van der Waals surface area contributed by atoms with Crippen LogP contribution < -0.4 is 5.73 Å². The summed E-state index contributed by atoms with van der Waals surface area (Å²) < 4.78 is 36.8. The molecule has 0 fully saturated rings. The summed E-state index contributed by atoms with van der Waals surface area (Å²) in [7, 11) is 0. The van der Waals surface area contributed by atoms with E-state index in [1.54, 1.807) is 0 Å². The van der Waals surface area contributed by atoms with Crippen molar-refractivity contribution < 1.29 is 13.2 Å². The molecule has 1 atom stereocenters. The summed E-state index contributed by atoms with van der Waals surface area (Å²) in [4.78, 5) is 3.53. The largest absolute Gasteiger partial charge is 0.409 e. The molecular weight excluding hydrogens is 284 g/mol. The first-order valence-corrected chi connectivity index (χ1v) is 4.14. The van der Waals surface area contributed by atoms with Crippen LogP contribution in [0.15, 0.2) is 22.8 Å². The fourth-order valence-electron chi connectivity index (χ4n) is 0.759. The van der Waals surface area contributed by atoms with Crippen molar-refractivity contribution in [2.45, 2.75) is 12.2 Å². The number of hydrogen-bond acceptors (Lipinski definition) is 2. The van der Waals surface area contributed by atoms with Gasteiger partial charge in [0.2, 0.25) is 0 Å². The summed E-state index contributed by atoms with van der Waals surface area (Å²) in [6.45, 7) is 0. The predicted octanol–water partition coefficient (Wildman–Crippen LogP) is 2.83. The zero-order valence-corrected chi connectivity index (χ0v) is 9.16. The van der Waals surface area contributed by atoms with Gasteiger partial charge in [-0.1, -0.05) is 15.9 Å². The Morgan fingerprint density at radius 2 is 2.00 bits per heavy atom. The molecule has 1 aromatic rings. The van der Waals surface area contributed by atoms with E-state index in [0.717, 1.165) is 0 Å². The molecule has 0 aromatic carbocycles. The van der Waals surface area contributed by atoms with Gasteiger partial charge >= 0.3 is 6.18 Å². The number of nitrogens with zero attached hydrogens (tertiary/aromatic N) is 1. The topological polar surface area (TPSA) is 38.9 Å². The van der Waals surface area contributed by atoms with Crippen LogP contribution >= 0.6 is 28.3 Å². The number of alkyl halides is 3. The molecule has 0 amide bonds. The number of halogens is 5. The van der Waals surface area contributed by atoms with E-state index in [1.807, 2.05) is 0 Å². The minimum absolute atomic E-state index is 0. The fraction of sp³-hybridized carbons (Fsp3) is 0.286. The normalized spacial score (nSPS) is 13.2. The van der Waals surface area contributed by atoms with E-state index >= 15 is 0 Å². The molecule has 80 valence electrons. The van der Waals surface area contributed by atoms with Crippen LogP contribution in [0.3, 0.4) is 0 Å². The second-order valence-corrected chi connectivity index (χ2v) is 3.33.